The number of halogens is 4. The summed E-state index contributed by atoms with van der Waals surface area (Å²) in [6.45, 7) is 14.0. The van der Waals surface area contributed by atoms with E-state index < -0.39 is 41.2 Å². The summed E-state index contributed by atoms with van der Waals surface area (Å²) in [5.41, 5.74) is -1.95. The molecule has 0 bridgehead atoms. The third kappa shape index (κ3) is 6.47. The Morgan fingerprint density at radius 3 is 2.08 bits per heavy atom. The van der Waals surface area contributed by atoms with Crippen LogP contribution in [0.25, 0.3) is 10.8 Å². The number of carbonyl (C=O) groups excluding carboxylic acids is 1. The Kier molecular flexibility index (Phi) is 9.47. The molecule has 5 nitrogen and oxygen atoms in total. The van der Waals surface area contributed by atoms with Crippen molar-refractivity contribution in [1.82, 2.24) is 0 Å². The lowest BCUT2D eigenvalue weighted by molar-refractivity contribution is -0.142. The van der Waals surface area contributed by atoms with Gasteiger partial charge in [-0.15, -0.1) is 5.54 Å². The molecule has 11 heteroatoms. The van der Waals surface area contributed by atoms with Gasteiger partial charge in [0.05, 0.1) is 18.6 Å². The van der Waals surface area contributed by atoms with Crippen molar-refractivity contribution < 1.29 is 39.7 Å². The van der Waals surface area contributed by atoms with E-state index in [4.69, 9.17) is 4.74 Å². The molecule has 37 heavy (non-hydrogen) atoms. The average molecular weight is 561 g/mol. The van der Waals surface area contributed by atoms with Gasteiger partial charge in [0.15, 0.2) is 5.75 Å². The Balaban J connectivity index is 2.92. The van der Waals surface area contributed by atoms with Crippen LogP contribution in [0.5, 0.6) is 5.75 Å². The largest absolute Gasteiger partial charge is 0.534 e. The molecule has 2 aromatic rings. The number of fused-ring (bicyclic) bond motifs is 1. The molecule has 0 heterocycles. The molecule has 0 saturated carbocycles. The van der Waals surface area contributed by atoms with Crippen molar-refractivity contribution in [2.75, 3.05) is 6.61 Å². The molecule has 0 radical (unpaired) electrons. The predicted molar refractivity (Wildman–Crippen MR) is 138 cm³/mol. The molecule has 0 aliphatic carbocycles. The number of ether oxygens (including phenoxy) is 1. The number of alkyl halides is 3. The number of carbonyl (C=O) groups is 1. The summed E-state index contributed by atoms with van der Waals surface area (Å²) in [7, 11) is -8.47. The molecule has 0 aromatic heterocycles. The normalized spacial score (nSPS) is 12.7. The maximum absolute atomic E-state index is 15.2. The fourth-order valence-corrected chi connectivity index (χ4v) is 10.6. The maximum Gasteiger partial charge on any atom is 0.534 e. The van der Waals surface area contributed by atoms with Crippen molar-refractivity contribution in [3.8, 4) is 17.2 Å². The van der Waals surface area contributed by atoms with Crippen LogP contribution < -0.4 is 4.18 Å². The van der Waals surface area contributed by atoms with Crippen LogP contribution in [0.1, 0.15) is 59.6 Å². The lowest BCUT2D eigenvalue weighted by Gasteiger charge is -2.38. The molecular weight excluding hydrogens is 528 g/mol. The first-order chi connectivity index (χ1) is 17.0. The molecule has 0 atom stereocenters. The average Bonchev–Trinajstić information content (AvgIpc) is 2.73. The molecule has 204 valence electrons. The molecule has 0 aliphatic rings. The van der Waals surface area contributed by atoms with E-state index in [0.717, 1.165) is 12.1 Å². The summed E-state index contributed by atoms with van der Waals surface area (Å²) >= 11 is 0. The minimum absolute atomic E-state index is 0.0797. The van der Waals surface area contributed by atoms with Gasteiger partial charge in [-0.2, -0.15) is 21.6 Å². The number of hydrogen-bond donors (Lipinski definition) is 0. The molecule has 0 saturated heterocycles. The molecule has 0 N–H and O–H groups in total. The zero-order chi connectivity index (χ0) is 28.3. The fraction of sp³-hybridized carbons (Fsp3) is 0.500. The van der Waals surface area contributed by atoms with Crippen LogP contribution in [0.3, 0.4) is 0 Å². The fourth-order valence-electron chi connectivity index (χ4n) is 4.90. The zero-order valence-corrected chi connectivity index (χ0v) is 23.7. The molecule has 2 aromatic carbocycles. The van der Waals surface area contributed by atoms with Gasteiger partial charge in [-0.25, -0.2) is 4.39 Å². The highest BCUT2D eigenvalue weighted by Crippen LogP contribution is 2.41. The van der Waals surface area contributed by atoms with E-state index in [9.17, 15) is 26.4 Å². The van der Waals surface area contributed by atoms with E-state index in [1.54, 1.807) is 6.92 Å². The van der Waals surface area contributed by atoms with Gasteiger partial charge in [0, 0.05) is 5.39 Å². The van der Waals surface area contributed by atoms with Crippen LogP contribution in [0, 0.1) is 17.3 Å². The molecule has 0 spiro atoms. The molecular formula is C26H32F4O5SSi. The number of rotatable bonds is 8. The first-order valence-corrected chi connectivity index (χ1v) is 15.6. The third-order valence-corrected chi connectivity index (χ3v) is 13.8. The molecule has 0 aliphatic heterocycles. The Hall–Kier alpha value is -2.58. The van der Waals surface area contributed by atoms with Crippen molar-refractivity contribution in [3.63, 3.8) is 0 Å². The van der Waals surface area contributed by atoms with Crippen LogP contribution in [0.15, 0.2) is 24.3 Å². The van der Waals surface area contributed by atoms with Crippen LogP contribution in [0.2, 0.25) is 16.6 Å². The lowest BCUT2D eigenvalue weighted by atomic mass is 9.99. The molecule has 2 rings (SSSR count). The summed E-state index contributed by atoms with van der Waals surface area (Å²) < 4.78 is 88.0. The number of benzene rings is 2. The van der Waals surface area contributed by atoms with Crippen molar-refractivity contribution in [1.29, 1.82) is 0 Å². The quantitative estimate of drug-likeness (QED) is 0.0879. The van der Waals surface area contributed by atoms with Crippen molar-refractivity contribution >= 4 is 34.9 Å². The highest BCUT2D eigenvalue weighted by molar-refractivity contribution is 7.88. The van der Waals surface area contributed by atoms with Crippen LogP contribution in [-0.2, 0) is 26.1 Å². The maximum atomic E-state index is 15.2. The third-order valence-electron chi connectivity index (χ3n) is 6.50. The van der Waals surface area contributed by atoms with E-state index in [0.29, 0.717) is 0 Å². The monoisotopic (exact) mass is 560 g/mol. The highest BCUT2D eigenvalue weighted by Gasteiger charge is 2.49. The summed E-state index contributed by atoms with van der Waals surface area (Å²) in [5.74, 6) is 0.617. The highest BCUT2D eigenvalue weighted by atomic mass is 32.2. The first kappa shape index (κ1) is 30.6. The second-order valence-electron chi connectivity index (χ2n) is 9.73. The van der Waals surface area contributed by atoms with E-state index in [-0.39, 0.29) is 51.6 Å². The Morgan fingerprint density at radius 1 is 1.03 bits per heavy atom. The Bertz CT molecular complexity index is 1300. The topological polar surface area (TPSA) is 69.7 Å². The second-order valence-corrected chi connectivity index (χ2v) is 16.8. The Morgan fingerprint density at radius 2 is 1.59 bits per heavy atom. The van der Waals surface area contributed by atoms with Crippen molar-refractivity contribution in [2.45, 2.75) is 77.0 Å². The Labute approximate surface area is 216 Å². The molecule has 0 unspecified atom stereocenters. The molecule has 0 fully saturated rings. The van der Waals surface area contributed by atoms with Gasteiger partial charge in [0.25, 0.3) is 0 Å². The summed E-state index contributed by atoms with van der Waals surface area (Å²) in [5, 5.41) is -0.0436. The van der Waals surface area contributed by atoms with E-state index in [1.165, 1.54) is 12.1 Å². The summed E-state index contributed by atoms with van der Waals surface area (Å²) in [6.07, 6.45) is -0.353. The minimum atomic E-state index is -6.09. The van der Waals surface area contributed by atoms with Gasteiger partial charge in [-0.3, -0.25) is 4.79 Å². The number of esters is 1. The van der Waals surface area contributed by atoms with Crippen LogP contribution in [-0.4, -0.2) is 34.6 Å². The van der Waals surface area contributed by atoms with E-state index in [2.05, 4.69) is 15.6 Å². The van der Waals surface area contributed by atoms with Gasteiger partial charge in [0.2, 0.25) is 0 Å². The van der Waals surface area contributed by atoms with E-state index >= 15 is 4.39 Å². The smallest absolute Gasteiger partial charge is 0.466 e. The van der Waals surface area contributed by atoms with Crippen LogP contribution in [0.4, 0.5) is 17.6 Å². The van der Waals surface area contributed by atoms with E-state index in [1.807, 2.05) is 41.5 Å². The standard InChI is InChI=1S/C26H32F4O5SSi/c1-8-34-24(31)15-19-13-20-9-10-22(27)21(11-12-37(16(2)3,17(4)5)18(6)7)25(20)23(14-19)35-36(32,33)26(28,29)30/h9-10,13-14,16-18H,8,15H2,1-7H3. The number of hydrogen-bond acceptors (Lipinski definition) is 5. The first-order valence-electron chi connectivity index (χ1n) is 11.9. The SMILES string of the molecule is CCOC(=O)Cc1cc(OS(=O)(=O)C(F)(F)F)c2c(C#C[Si](C(C)C)(C(C)C)C(C)C)c(F)ccc2c1. The van der Waals surface area contributed by atoms with Crippen LogP contribution >= 0.6 is 0 Å². The minimum Gasteiger partial charge on any atom is -0.466 e. The van der Waals surface area contributed by atoms with Gasteiger partial charge in [0.1, 0.15) is 13.9 Å². The van der Waals surface area contributed by atoms with Gasteiger partial charge in [-0.05, 0) is 46.6 Å². The van der Waals surface area contributed by atoms with Crippen molar-refractivity contribution in [2.24, 2.45) is 0 Å². The summed E-state index contributed by atoms with van der Waals surface area (Å²) in [4.78, 5) is 12.0. The van der Waals surface area contributed by atoms with Gasteiger partial charge in [-0.1, -0.05) is 59.6 Å². The van der Waals surface area contributed by atoms with Crippen molar-refractivity contribution in [3.05, 3.63) is 41.2 Å². The lowest BCUT2D eigenvalue weighted by Crippen LogP contribution is -2.43. The second kappa shape index (κ2) is 11.4. The zero-order valence-electron chi connectivity index (χ0n) is 21.9. The van der Waals surface area contributed by atoms with Gasteiger partial charge < -0.3 is 8.92 Å². The predicted octanol–water partition coefficient (Wildman–Crippen LogP) is 6.88. The molecule has 0 amide bonds. The summed E-state index contributed by atoms with van der Waals surface area (Å²) in [6, 6.07) is 4.80. The van der Waals surface area contributed by atoms with Gasteiger partial charge >= 0.3 is 21.6 Å².